The SMILES string of the molecule is CC(C)c1ccc(C(C)NC(=O)c2cccc3c2OCO3)cc1. The Morgan fingerprint density at radius 1 is 1.00 bits per heavy atom. The number of hydrogen-bond donors (Lipinski definition) is 1. The Kier molecular flexibility index (Phi) is 4.24. The summed E-state index contributed by atoms with van der Waals surface area (Å²) in [7, 11) is 0. The Morgan fingerprint density at radius 2 is 1.70 bits per heavy atom. The summed E-state index contributed by atoms with van der Waals surface area (Å²) in [6.45, 7) is 6.46. The van der Waals surface area contributed by atoms with Crippen LogP contribution in [0, 0.1) is 0 Å². The Hall–Kier alpha value is -2.49. The number of rotatable bonds is 4. The average molecular weight is 311 g/mol. The van der Waals surface area contributed by atoms with Gasteiger partial charge in [0, 0.05) is 0 Å². The molecule has 1 amide bonds. The highest BCUT2D eigenvalue weighted by Gasteiger charge is 2.22. The van der Waals surface area contributed by atoms with Gasteiger partial charge < -0.3 is 14.8 Å². The molecule has 0 saturated carbocycles. The third kappa shape index (κ3) is 3.16. The molecule has 0 spiro atoms. The maximum atomic E-state index is 12.5. The molecule has 2 aromatic rings. The fraction of sp³-hybridized carbons (Fsp3) is 0.316. The summed E-state index contributed by atoms with van der Waals surface area (Å²) in [5, 5.41) is 3.02. The van der Waals surface area contributed by atoms with Gasteiger partial charge in [0.2, 0.25) is 6.79 Å². The Morgan fingerprint density at radius 3 is 2.39 bits per heavy atom. The molecule has 0 fully saturated rings. The van der Waals surface area contributed by atoms with Crippen LogP contribution in [-0.4, -0.2) is 12.7 Å². The van der Waals surface area contributed by atoms with E-state index in [1.807, 2.05) is 6.92 Å². The smallest absolute Gasteiger partial charge is 0.255 e. The van der Waals surface area contributed by atoms with Crippen molar-refractivity contribution in [3.63, 3.8) is 0 Å². The van der Waals surface area contributed by atoms with Crippen LogP contribution in [0.2, 0.25) is 0 Å². The molecule has 4 heteroatoms. The standard InChI is InChI=1S/C19H21NO3/c1-12(2)14-7-9-15(10-8-14)13(3)20-19(21)16-5-4-6-17-18(16)23-11-22-17/h4-10,12-13H,11H2,1-3H3,(H,20,21). The van der Waals surface area contributed by atoms with E-state index in [2.05, 4.69) is 43.4 Å². The van der Waals surface area contributed by atoms with Gasteiger partial charge in [0.25, 0.3) is 5.91 Å². The molecule has 3 rings (SSSR count). The Balaban J connectivity index is 1.74. The second-order valence-electron chi connectivity index (χ2n) is 6.06. The number of carbonyl (C=O) groups is 1. The minimum atomic E-state index is -0.159. The number of benzene rings is 2. The fourth-order valence-corrected chi connectivity index (χ4v) is 2.64. The molecule has 0 radical (unpaired) electrons. The van der Waals surface area contributed by atoms with Crippen molar-refractivity contribution in [3.8, 4) is 11.5 Å². The molecule has 4 nitrogen and oxygen atoms in total. The lowest BCUT2D eigenvalue weighted by Crippen LogP contribution is -2.26. The quantitative estimate of drug-likeness (QED) is 0.927. The van der Waals surface area contributed by atoms with Crippen molar-refractivity contribution < 1.29 is 14.3 Å². The molecule has 1 N–H and O–H groups in total. The van der Waals surface area contributed by atoms with Gasteiger partial charge in [-0.15, -0.1) is 0 Å². The zero-order chi connectivity index (χ0) is 16.4. The van der Waals surface area contributed by atoms with Crippen LogP contribution in [0.15, 0.2) is 42.5 Å². The van der Waals surface area contributed by atoms with E-state index in [9.17, 15) is 4.79 Å². The van der Waals surface area contributed by atoms with Gasteiger partial charge in [-0.1, -0.05) is 44.2 Å². The summed E-state index contributed by atoms with van der Waals surface area (Å²) in [5.74, 6) is 1.48. The van der Waals surface area contributed by atoms with Gasteiger partial charge in [-0.05, 0) is 36.1 Å². The fourth-order valence-electron chi connectivity index (χ4n) is 2.64. The number of ether oxygens (including phenoxy) is 2. The van der Waals surface area contributed by atoms with E-state index in [-0.39, 0.29) is 18.7 Å². The molecule has 0 bridgehead atoms. The summed E-state index contributed by atoms with van der Waals surface area (Å²) in [6.07, 6.45) is 0. The Labute approximate surface area is 136 Å². The van der Waals surface area contributed by atoms with Crippen molar-refractivity contribution in [2.45, 2.75) is 32.7 Å². The predicted octanol–water partition coefficient (Wildman–Crippen LogP) is 4.03. The van der Waals surface area contributed by atoms with E-state index >= 15 is 0 Å². The third-order valence-electron chi connectivity index (χ3n) is 4.09. The molecular formula is C19H21NO3. The first kappa shape index (κ1) is 15.4. The van der Waals surface area contributed by atoms with Crippen molar-refractivity contribution in [3.05, 3.63) is 59.2 Å². The summed E-state index contributed by atoms with van der Waals surface area (Å²) in [5.41, 5.74) is 2.87. The second-order valence-corrected chi connectivity index (χ2v) is 6.06. The van der Waals surface area contributed by atoms with Crippen molar-refractivity contribution in [1.82, 2.24) is 5.32 Å². The van der Waals surface area contributed by atoms with Crippen LogP contribution in [0.1, 0.15) is 54.2 Å². The van der Waals surface area contributed by atoms with Crippen molar-refractivity contribution >= 4 is 5.91 Å². The molecule has 0 saturated heterocycles. The monoisotopic (exact) mass is 311 g/mol. The first-order chi connectivity index (χ1) is 11.1. The minimum absolute atomic E-state index is 0.0816. The third-order valence-corrected chi connectivity index (χ3v) is 4.09. The highest BCUT2D eigenvalue weighted by atomic mass is 16.7. The van der Waals surface area contributed by atoms with E-state index in [1.165, 1.54) is 5.56 Å². The number of para-hydroxylation sites is 1. The molecule has 1 aliphatic rings. The van der Waals surface area contributed by atoms with Crippen molar-refractivity contribution in [2.75, 3.05) is 6.79 Å². The highest BCUT2D eigenvalue weighted by Crippen LogP contribution is 2.35. The zero-order valence-corrected chi connectivity index (χ0v) is 13.6. The van der Waals surface area contributed by atoms with E-state index in [1.54, 1.807) is 18.2 Å². The molecule has 120 valence electrons. The van der Waals surface area contributed by atoms with Gasteiger partial charge in [-0.3, -0.25) is 4.79 Å². The van der Waals surface area contributed by atoms with E-state index in [0.717, 1.165) is 5.56 Å². The summed E-state index contributed by atoms with van der Waals surface area (Å²) in [4.78, 5) is 12.5. The molecule has 0 aliphatic carbocycles. The zero-order valence-electron chi connectivity index (χ0n) is 13.6. The van der Waals surface area contributed by atoms with Gasteiger partial charge in [-0.2, -0.15) is 0 Å². The number of carbonyl (C=O) groups excluding carboxylic acids is 1. The van der Waals surface area contributed by atoms with Crippen LogP contribution in [0.5, 0.6) is 11.5 Å². The normalized spacial score (nSPS) is 13.9. The van der Waals surface area contributed by atoms with Crippen LogP contribution in [-0.2, 0) is 0 Å². The molecule has 1 atom stereocenters. The molecular weight excluding hydrogens is 290 g/mol. The van der Waals surface area contributed by atoms with Crippen molar-refractivity contribution in [2.24, 2.45) is 0 Å². The van der Waals surface area contributed by atoms with Crippen molar-refractivity contribution in [1.29, 1.82) is 0 Å². The lowest BCUT2D eigenvalue weighted by molar-refractivity contribution is 0.0935. The largest absolute Gasteiger partial charge is 0.454 e. The first-order valence-electron chi connectivity index (χ1n) is 7.85. The van der Waals surface area contributed by atoms with Gasteiger partial charge in [0.1, 0.15) is 0 Å². The van der Waals surface area contributed by atoms with E-state index < -0.39 is 0 Å². The number of fused-ring (bicyclic) bond motifs is 1. The van der Waals surface area contributed by atoms with Gasteiger partial charge >= 0.3 is 0 Å². The van der Waals surface area contributed by atoms with Crippen LogP contribution in [0.3, 0.4) is 0 Å². The van der Waals surface area contributed by atoms with Crippen LogP contribution >= 0.6 is 0 Å². The lowest BCUT2D eigenvalue weighted by atomic mass is 9.99. The summed E-state index contributed by atoms with van der Waals surface area (Å²) in [6, 6.07) is 13.6. The first-order valence-corrected chi connectivity index (χ1v) is 7.85. The lowest BCUT2D eigenvalue weighted by Gasteiger charge is -2.16. The van der Waals surface area contributed by atoms with Crippen LogP contribution in [0.25, 0.3) is 0 Å². The van der Waals surface area contributed by atoms with E-state index in [0.29, 0.717) is 23.0 Å². The molecule has 1 unspecified atom stereocenters. The number of amides is 1. The Bertz CT molecular complexity index is 707. The van der Waals surface area contributed by atoms with Crippen LogP contribution in [0.4, 0.5) is 0 Å². The van der Waals surface area contributed by atoms with Gasteiger partial charge in [0.05, 0.1) is 11.6 Å². The highest BCUT2D eigenvalue weighted by molar-refractivity contribution is 5.98. The average Bonchev–Trinajstić information content (AvgIpc) is 3.03. The topological polar surface area (TPSA) is 47.6 Å². The molecule has 23 heavy (non-hydrogen) atoms. The maximum absolute atomic E-state index is 12.5. The number of hydrogen-bond acceptors (Lipinski definition) is 3. The maximum Gasteiger partial charge on any atom is 0.255 e. The minimum Gasteiger partial charge on any atom is -0.454 e. The van der Waals surface area contributed by atoms with Crippen LogP contribution < -0.4 is 14.8 Å². The molecule has 0 aromatic heterocycles. The number of nitrogens with one attached hydrogen (secondary N) is 1. The summed E-state index contributed by atoms with van der Waals surface area (Å²) < 4.78 is 10.7. The van der Waals surface area contributed by atoms with E-state index in [4.69, 9.17) is 9.47 Å². The molecule has 1 heterocycles. The second kappa shape index (κ2) is 6.32. The van der Waals surface area contributed by atoms with Gasteiger partial charge in [0.15, 0.2) is 11.5 Å². The summed E-state index contributed by atoms with van der Waals surface area (Å²) >= 11 is 0. The predicted molar refractivity (Wildman–Crippen MR) is 89.0 cm³/mol. The molecule has 1 aliphatic heterocycles. The van der Waals surface area contributed by atoms with Gasteiger partial charge in [-0.25, -0.2) is 0 Å². The molecule has 2 aromatic carbocycles.